The van der Waals surface area contributed by atoms with Crippen molar-refractivity contribution < 1.29 is 13.6 Å². The molecule has 1 aliphatic heterocycles. The Morgan fingerprint density at radius 1 is 1.03 bits per heavy atom. The monoisotopic (exact) mass is 414 g/mol. The van der Waals surface area contributed by atoms with Crippen LogP contribution >= 0.6 is 0 Å². The molecule has 3 heterocycles. The van der Waals surface area contributed by atoms with Crippen molar-refractivity contribution in [1.29, 1.82) is 0 Å². The first-order valence-electron chi connectivity index (χ1n) is 10.2. The zero-order chi connectivity index (χ0) is 21.3. The Hall–Kier alpha value is -3.10. The first-order valence-corrected chi connectivity index (χ1v) is 10.2. The van der Waals surface area contributed by atoms with Crippen molar-refractivity contribution in [2.45, 2.75) is 33.1 Å². The summed E-state index contributed by atoms with van der Waals surface area (Å²) in [6, 6.07) is 5.32. The molecule has 0 unspecified atom stereocenters. The summed E-state index contributed by atoms with van der Waals surface area (Å²) < 4.78 is 28.6. The van der Waals surface area contributed by atoms with Crippen LogP contribution in [0.1, 0.15) is 42.1 Å². The molecule has 1 aromatic carbocycles. The molecule has 0 spiro atoms. The number of aromatic nitrogens is 4. The van der Waals surface area contributed by atoms with Gasteiger partial charge in [-0.15, -0.1) is 10.2 Å². The van der Waals surface area contributed by atoms with Crippen LogP contribution in [0, 0.1) is 11.6 Å². The number of hydrogen-bond donors (Lipinski definition) is 0. The highest BCUT2D eigenvalue weighted by atomic mass is 19.2. The van der Waals surface area contributed by atoms with E-state index in [1.165, 1.54) is 6.07 Å². The molecule has 2 aromatic heterocycles. The molecule has 3 aromatic rings. The topological polar surface area (TPSA) is 66.6 Å². The van der Waals surface area contributed by atoms with Crippen molar-refractivity contribution in [3.05, 3.63) is 53.0 Å². The number of anilines is 1. The Labute approximate surface area is 173 Å². The quantitative estimate of drug-likeness (QED) is 0.642. The van der Waals surface area contributed by atoms with Crippen LogP contribution in [0.15, 0.2) is 24.3 Å². The third-order valence-electron chi connectivity index (χ3n) is 5.39. The maximum absolute atomic E-state index is 13.5. The molecule has 0 N–H and O–H groups in total. The fraction of sp³-hybridized carbons (Fsp3) is 0.429. The fourth-order valence-corrected chi connectivity index (χ4v) is 3.80. The number of aryl methyl sites for hydroxylation is 2. The van der Waals surface area contributed by atoms with Gasteiger partial charge in [-0.3, -0.25) is 9.20 Å². The van der Waals surface area contributed by atoms with Crippen molar-refractivity contribution in [2.24, 2.45) is 0 Å². The average Bonchev–Trinajstić information content (AvgIpc) is 3.19. The van der Waals surface area contributed by atoms with E-state index in [9.17, 15) is 13.6 Å². The zero-order valence-electron chi connectivity index (χ0n) is 17.1. The van der Waals surface area contributed by atoms with E-state index in [1.807, 2.05) is 11.3 Å². The summed E-state index contributed by atoms with van der Waals surface area (Å²) in [7, 11) is 0. The van der Waals surface area contributed by atoms with Crippen LogP contribution in [0.5, 0.6) is 0 Å². The maximum Gasteiger partial charge on any atom is 0.257 e. The number of carbonyl (C=O) groups is 1. The van der Waals surface area contributed by atoms with Crippen LogP contribution in [0.2, 0.25) is 0 Å². The number of carbonyl (C=O) groups excluding carboxylic acids is 1. The van der Waals surface area contributed by atoms with Crippen molar-refractivity contribution in [1.82, 2.24) is 24.5 Å². The normalized spacial score (nSPS) is 14.5. The van der Waals surface area contributed by atoms with E-state index in [4.69, 9.17) is 0 Å². The van der Waals surface area contributed by atoms with Crippen LogP contribution in [-0.2, 0) is 12.8 Å². The lowest BCUT2D eigenvalue weighted by atomic mass is 10.1. The lowest BCUT2D eigenvalue weighted by molar-refractivity contribution is 0.0746. The molecule has 158 valence electrons. The van der Waals surface area contributed by atoms with Gasteiger partial charge in [0, 0.05) is 49.9 Å². The summed E-state index contributed by atoms with van der Waals surface area (Å²) in [4.78, 5) is 21.1. The van der Waals surface area contributed by atoms with E-state index in [0.717, 1.165) is 48.7 Å². The highest BCUT2D eigenvalue weighted by molar-refractivity contribution is 5.94. The number of rotatable bonds is 5. The van der Waals surface area contributed by atoms with Gasteiger partial charge in [0.2, 0.25) is 0 Å². The zero-order valence-corrected chi connectivity index (χ0v) is 17.1. The Morgan fingerprint density at radius 3 is 2.47 bits per heavy atom. The van der Waals surface area contributed by atoms with Gasteiger partial charge in [-0.25, -0.2) is 8.78 Å². The SMILES string of the molecule is CCCc1cc(N2CCN(C(=O)c3ccc(F)c(F)c3)CC2)nc2nnc(CC)n12. The van der Waals surface area contributed by atoms with Crippen LogP contribution < -0.4 is 4.90 Å². The molecule has 0 saturated carbocycles. The van der Waals surface area contributed by atoms with Gasteiger partial charge in [-0.05, 0) is 24.6 Å². The first-order chi connectivity index (χ1) is 14.5. The minimum absolute atomic E-state index is 0.155. The Balaban J connectivity index is 1.51. The van der Waals surface area contributed by atoms with E-state index in [0.29, 0.717) is 32.0 Å². The molecule has 9 heteroatoms. The summed E-state index contributed by atoms with van der Waals surface area (Å²) in [6.45, 7) is 6.31. The second-order valence-electron chi connectivity index (χ2n) is 7.37. The van der Waals surface area contributed by atoms with Gasteiger partial charge < -0.3 is 9.80 Å². The molecule has 0 aliphatic carbocycles. The summed E-state index contributed by atoms with van der Waals surface area (Å²) in [5.74, 6) is 0.0396. The number of hydrogen-bond acceptors (Lipinski definition) is 5. The van der Waals surface area contributed by atoms with Crippen molar-refractivity contribution in [2.75, 3.05) is 31.1 Å². The predicted octanol–water partition coefficient (Wildman–Crippen LogP) is 2.88. The number of benzene rings is 1. The molecule has 1 amide bonds. The highest BCUT2D eigenvalue weighted by Crippen LogP contribution is 2.20. The minimum Gasteiger partial charge on any atom is -0.353 e. The molecule has 7 nitrogen and oxygen atoms in total. The van der Waals surface area contributed by atoms with Crippen molar-refractivity contribution in [3.8, 4) is 0 Å². The molecule has 1 saturated heterocycles. The summed E-state index contributed by atoms with van der Waals surface area (Å²) in [6.07, 6.45) is 2.67. The molecule has 30 heavy (non-hydrogen) atoms. The molecular weight excluding hydrogens is 390 g/mol. The Bertz CT molecular complexity index is 1070. The van der Waals surface area contributed by atoms with Crippen molar-refractivity contribution >= 4 is 17.5 Å². The molecular formula is C21H24F2N6O. The van der Waals surface area contributed by atoms with E-state index >= 15 is 0 Å². The molecule has 0 radical (unpaired) electrons. The van der Waals surface area contributed by atoms with Crippen molar-refractivity contribution in [3.63, 3.8) is 0 Å². The minimum atomic E-state index is -1.01. The Morgan fingerprint density at radius 2 is 1.80 bits per heavy atom. The third-order valence-corrected chi connectivity index (χ3v) is 5.39. The van der Waals surface area contributed by atoms with E-state index < -0.39 is 11.6 Å². The number of nitrogens with zero attached hydrogens (tertiary/aromatic N) is 6. The number of piperazine rings is 1. The molecule has 4 rings (SSSR count). The second-order valence-corrected chi connectivity index (χ2v) is 7.37. The molecule has 1 fully saturated rings. The highest BCUT2D eigenvalue weighted by Gasteiger charge is 2.24. The van der Waals surface area contributed by atoms with E-state index in [1.54, 1.807) is 4.90 Å². The predicted molar refractivity (Wildman–Crippen MR) is 109 cm³/mol. The van der Waals surface area contributed by atoms with Gasteiger partial charge in [0.25, 0.3) is 11.7 Å². The first kappa shape index (κ1) is 20.2. The number of fused-ring (bicyclic) bond motifs is 1. The number of amides is 1. The largest absolute Gasteiger partial charge is 0.353 e. The lowest BCUT2D eigenvalue weighted by Crippen LogP contribution is -2.49. The lowest BCUT2D eigenvalue weighted by Gasteiger charge is -2.35. The molecule has 1 aliphatic rings. The van der Waals surface area contributed by atoms with Gasteiger partial charge in [0.15, 0.2) is 11.6 Å². The van der Waals surface area contributed by atoms with Gasteiger partial charge >= 0.3 is 0 Å². The van der Waals surface area contributed by atoms with Gasteiger partial charge in [-0.2, -0.15) is 4.98 Å². The van der Waals surface area contributed by atoms with Crippen LogP contribution in [-0.4, -0.2) is 56.6 Å². The Kier molecular flexibility index (Phi) is 5.61. The molecule has 0 bridgehead atoms. The van der Waals surface area contributed by atoms with Crippen LogP contribution in [0.4, 0.5) is 14.6 Å². The standard InChI is InChI=1S/C21H24F2N6O/c1-3-5-15-13-19(24-21-26-25-18(4-2)29(15)21)27-8-10-28(11-9-27)20(30)14-6-7-16(22)17(23)12-14/h6-7,12-13H,3-5,8-11H2,1-2H3. The fourth-order valence-electron chi connectivity index (χ4n) is 3.80. The van der Waals surface area contributed by atoms with Gasteiger partial charge in [-0.1, -0.05) is 20.3 Å². The third kappa shape index (κ3) is 3.71. The van der Waals surface area contributed by atoms with Crippen LogP contribution in [0.25, 0.3) is 5.78 Å². The molecule has 0 atom stereocenters. The summed E-state index contributed by atoms with van der Waals surface area (Å²) in [5.41, 5.74) is 1.28. The maximum atomic E-state index is 13.5. The average molecular weight is 414 g/mol. The van der Waals surface area contributed by atoms with Gasteiger partial charge in [0.05, 0.1) is 0 Å². The summed E-state index contributed by atoms with van der Waals surface area (Å²) >= 11 is 0. The smallest absolute Gasteiger partial charge is 0.257 e. The summed E-state index contributed by atoms with van der Waals surface area (Å²) in [5, 5.41) is 8.48. The number of halogens is 2. The van der Waals surface area contributed by atoms with E-state index in [2.05, 4.69) is 33.1 Å². The van der Waals surface area contributed by atoms with Crippen LogP contribution in [0.3, 0.4) is 0 Å². The second kappa shape index (κ2) is 8.33. The van der Waals surface area contributed by atoms with Gasteiger partial charge in [0.1, 0.15) is 11.6 Å². The van der Waals surface area contributed by atoms with E-state index in [-0.39, 0.29) is 11.5 Å².